The van der Waals surface area contributed by atoms with Gasteiger partial charge in [0.25, 0.3) is 0 Å². The Morgan fingerprint density at radius 2 is 2.56 bits per heavy atom. The molecule has 1 aliphatic heterocycles. The number of hydrogen-bond acceptors (Lipinski definition) is 2. The smallest absolute Gasteiger partial charge is 0.0880 e. The van der Waals surface area contributed by atoms with Crippen LogP contribution in [0.1, 0.15) is 0 Å². The predicted molar refractivity (Wildman–Crippen MR) is 37.4 cm³/mol. The first kappa shape index (κ1) is 6.78. The Hall–Kier alpha value is -0.340. The van der Waals surface area contributed by atoms with E-state index in [1.807, 2.05) is 6.08 Å². The summed E-state index contributed by atoms with van der Waals surface area (Å²) in [6, 6.07) is 0. The third-order valence-corrected chi connectivity index (χ3v) is 1.56. The highest BCUT2D eigenvalue weighted by atomic mass is 16.5. The van der Waals surface area contributed by atoms with Crippen LogP contribution in [0.15, 0.2) is 12.7 Å². The quantitative estimate of drug-likeness (QED) is 0.476. The van der Waals surface area contributed by atoms with Crippen LogP contribution < -0.4 is 0 Å². The molecule has 2 heteroatoms. The zero-order valence-corrected chi connectivity index (χ0v) is 5.84. The SMILES string of the molecule is C=C[C@H]1CN(C)CCO1. The van der Waals surface area contributed by atoms with Gasteiger partial charge < -0.3 is 9.64 Å². The van der Waals surface area contributed by atoms with Gasteiger partial charge in [-0.05, 0) is 7.05 Å². The molecular formula is C7H13NO. The van der Waals surface area contributed by atoms with Crippen molar-refractivity contribution in [3.8, 4) is 0 Å². The minimum absolute atomic E-state index is 0.253. The summed E-state index contributed by atoms with van der Waals surface area (Å²) >= 11 is 0. The average Bonchev–Trinajstić information content (AvgIpc) is 1.88. The first-order chi connectivity index (χ1) is 4.33. The summed E-state index contributed by atoms with van der Waals surface area (Å²) in [7, 11) is 2.10. The summed E-state index contributed by atoms with van der Waals surface area (Å²) in [5.41, 5.74) is 0. The maximum atomic E-state index is 5.34. The van der Waals surface area contributed by atoms with E-state index < -0.39 is 0 Å². The Bertz CT molecular complexity index is 103. The summed E-state index contributed by atoms with van der Waals surface area (Å²) in [5.74, 6) is 0. The van der Waals surface area contributed by atoms with Crippen molar-refractivity contribution in [1.82, 2.24) is 4.90 Å². The van der Waals surface area contributed by atoms with E-state index in [4.69, 9.17) is 4.74 Å². The number of rotatable bonds is 1. The number of hydrogen-bond donors (Lipinski definition) is 0. The summed E-state index contributed by atoms with van der Waals surface area (Å²) < 4.78 is 5.34. The van der Waals surface area contributed by atoms with Crippen molar-refractivity contribution in [2.75, 3.05) is 26.7 Å². The van der Waals surface area contributed by atoms with E-state index in [1.54, 1.807) is 0 Å². The van der Waals surface area contributed by atoms with Gasteiger partial charge in [-0.1, -0.05) is 6.08 Å². The zero-order chi connectivity index (χ0) is 6.69. The molecule has 1 fully saturated rings. The summed E-state index contributed by atoms with van der Waals surface area (Å²) in [6.45, 7) is 6.54. The van der Waals surface area contributed by atoms with Crippen LogP contribution in [0.2, 0.25) is 0 Å². The van der Waals surface area contributed by atoms with Crippen molar-refractivity contribution < 1.29 is 4.74 Å². The fraction of sp³-hybridized carbons (Fsp3) is 0.714. The minimum Gasteiger partial charge on any atom is -0.371 e. The van der Waals surface area contributed by atoms with Gasteiger partial charge in [0.15, 0.2) is 0 Å². The van der Waals surface area contributed by atoms with Gasteiger partial charge >= 0.3 is 0 Å². The van der Waals surface area contributed by atoms with Crippen LogP contribution in [0.3, 0.4) is 0 Å². The Morgan fingerprint density at radius 3 is 3.00 bits per heavy atom. The van der Waals surface area contributed by atoms with Crippen LogP contribution in [-0.4, -0.2) is 37.7 Å². The molecule has 0 radical (unpaired) electrons. The van der Waals surface area contributed by atoms with Crippen molar-refractivity contribution in [2.45, 2.75) is 6.10 Å². The standard InChI is InChI=1S/C7H13NO/c1-3-7-6-8(2)4-5-9-7/h3,7H,1,4-6H2,2H3/t7-/m0/s1. The van der Waals surface area contributed by atoms with Crippen LogP contribution >= 0.6 is 0 Å². The average molecular weight is 127 g/mol. The third kappa shape index (κ3) is 1.80. The summed E-state index contributed by atoms with van der Waals surface area (Å²) in [6.07, 6.45) is 2.11. The summed E-state index contributed by atoms with van der Waals surface area (Å²) in [4.78, 5) is 2.25. The topological polar surface area (TPSA) is 12.5 Å². The largest absolute Gasteiger partial charge is 0.371 e. The fourth-order valence-corrected chi connectivity index (χ4v) is 0.954. The molecule has 1 heterocycles. The van der Waals surface area contributed by atoms with Gasteiger partial charge in [0.1, 0.15) is 0 Å². The highest BCUT2D eigenvalue weighted by Gasteiger charge is 2.13. The van der Waals surface area contributed by atoms with Crippen molar-refractivity contribution in [3.05, 3.63) is 12.7 Å². The predicted octanol–water partition coefficient (Wildman–Crippen LogP) is 0.503. The fourth-order valence-electron chi connectivity index (χ4n) is 0.954. The molecule has 0 bridgehead atoms. The van der Waals surface area contributed by atoms with E-state index >= 15 is 0 Å². The zero-order valence-electron chi connectivity index (χ0n) is 5.84. The molecule has 0 aromatic carbocycles. The molecule has 1 saturated heterocycles. The molecule has 0 amide bonds. The minimum atomic E-state index is 0.253. The van der Waals surface area contributed by atoms with Gasteiger partial charge in [-0.3, -0.25) is 0 Å². The van der Waals surface area contributed by atoms with Gasteiger partial charge in [-0.15, -0.1) is 6.58 Å². The molecule has 1 aliphatic rings. The van der Waals surface area contributed by atoms with Crippen molar-refractivity contribution in [1.29, 1.82) is 0 Å². The first-order valence-electron chi connectivity index (χ1n) is 3.25. The van der Waals surface area contributed by atoms with Crippen LogP contribution in [0.5, 0.6) is 0 Å². The maximum Gasteiger partial charge on any atom is 0.0880 e. The molecule has 0 N–H and O–H groups in total. The number of likely N-dealkylation sites (N-methyl/N-ethyl adjacent to an activating group) is 1. The van der Waals surface area contributed by atoms with Gasteiger partial charge in [-0.2, -0.15) is 0 Å². The Morgan fingerprint density at radius 1 is 1.78 bits per heavy atom. The number of morpholine rings is 1. The van der Waals surface area contributed by atoms with E-state index in [2.05, 4.69) is 18.5 Å². The third-order valence-electron chi connectivity index (χ3n) is 1.56. The molecule has 0 aromatic rings. The molecule has 52 valence electrons. The Kier molecular flexibility index (Phi) is 2.25. The molecule has 0 unspecified atom stereocenters. The van der Waals surface area contributed by atoms with E-state index in [1.165, 1.54) is 0 Å². The van der Waals surface area contributed by atoms with E-state index in [9.17, 15) is 0 Å². The lowest BCUT2D eigenvalue weighted by molar-refractivity contribution is 0.00716. The van der Waals surface area contributed by atoms with Crippen LogP contribution in [0.4, 0.5) is 0 Å². The van der Waals surface area contributed by atoms with E-state index in [0.717, 1.165) is 19.7 Å². The lowest BCUT2D eigenvalue weighted by Gasteiger charge is -2.27. The summed E-state index contributed by atoms with van der Waals surface area (Å²) in [5, 5.41) is 0. The second-order valence-electron chi connectivity index (χ2n) is 2.41. The molecule has 0 aromatic heterocycles. The van der Waals surface area contributed by atoms with Gasteiger partial charge in [0.2, 0.25) is 0 Å². The lowest BCUT2D eigenvalue weighted by Crippen LogP contribution is -2.38. The molecule has 0 aliphatic carbocycles. The van der Waals surface area contributed by atoms with Crippen LogP contribution in [0.25, 0.3) is 0 Å². The van der Waals surface area contributed by atoms with Crippen molar-refractivity contribution in [2.24, 2.45) is 0 Å². The second-order valence-corrected chi connectivity index (χ2v) is 2.41. The molecular weight excluding hydrogens is 114 g/mol. The van der Waals surface area contributed by atoms with Crippen LogP contribution in [-0.2, 0) is 4.74 Å². The number of ether oxygens (including phenoxy) is 1. The Labute approximate surface area is 56.1 Å². The van der Waals surface area contributed by atoms with Crippen molar-refractivity contribution >= 4 is 0 Å². The molecule has 0 spiro atoms. The highest BCUT2D eigenvalue weighted by molar-refractivity contribution is 4.84. The van der Waals surface area contributed by atoms with Gasteiger partial charge in [0, 0.05) is 13.1 Å². The first-order valence-corrected chi connectivity index (χ1v) is 3.25. The number of nitrogens with zero attached hydrogens (tertiary/aromatic N) is 1. The van der Waals surface area contributed by atoms with Crippen LogP contribution in [0, 0.1) is 0 Å². The normalized spacial score (nSPS) is 30.1. The molecule has 0 saturated carbocycles. The molecule has 9 heavy (non-hydrogen) atoms. The van der Waals surface area contributed by atoms with Crippen molar-refractivity contribution in [3.63, 3.8) is 0 Å². The molecule has 1 rings (SSSR count). The van der Waals surface area contributed by atoms with Gasteiger partial charge in [0.05, 0.1) is 12.7 Å². The van der Waals surface area contributed by atoms with E-state index in [0.29, 0.717) is 0 Å². The second kappa shape index (κ2) is 2.99. The monoisotopic (exact) mass is 127 g/mol. The highest BCUT2D eigenvalue weighted by Crippen LogP contribution is 2.02. The Balaban J connectivity index is 2.31. The maximum absolute atomic E-state index is 5.34. The molecule has 2 nitrogen and oxygen atoms in total. The molecule has 1 atom stereocenters. The van der Waals surface area contributed by atoms with Gasteiger partial charge in [-0.25, -0.2) is 0 Å². The lowest BCUT2D eigenvalue weighted by atomic mass is 10.3. The van der Waals surface area contributed by atoms with E-state index in [-0.39, 0.29) is 6.10 Å².